The number of nitrogens with zero attached hydrogens (tertiary/aromatic N) is 5. The fourth-order valence-corrected chi connectivity index (χ4v) is 5.51. The zero-order chi connectivity index (χ0) is 26.9. The second-order valence-corrected chi connectivity index (χ2v) is 10.1. The highest BCUT2D eigenvalue weighted by atomic mass is 32.1. The van der Waals surface area contributed by atoms with E-state index >= 15 is 0 Å². The van der Waals surface area contributed by atoms with Crippen molar-refractivity contribution in [1.82, 2.24) is 14.1 Å². The number of aromatic hydroxyl groups is 1. The molecule has 1 amide bonds. The van der Waals surface area contributed by atoms with Crippen molar-refractivity contribution in [1.29, 1.82) is 0 Å². The largest absolute Gasteiger partial charge is 0.493 e. The summed E-state index contributed by atoms with van der Waals surface area (Å²) >= 11 is 1.38. The molecule has 0 aliphatic heterocycles. The van der Waals surface area contributed by atoms with Crippen molar-refractivity contribution >= 4 is 44.1 Å². The zero-order valence-corrected chi connectivity index (χ0v) is 21.8. The Morgan fingerprint density at radius 2 is 1.74 bits per heavy atom. The fraction of sp³-hybridized carbons (Fsp3) is 0.100. The van der Waals surface area contributed by atoms with Crippen LogP contribution in [0.25, 0.3) is 32.2 Å². The number of hydrogen-bond acceptors (Lipinski definition) is 6. The first-order chi connectivity index (χ1) is 19.0. The lowest BCUT2D eigenvalue weighted by Gasteiger charge is -2.07. The van der Waals surface area contributed by atoms with Gasteiger partial charge in [-0.25, -0.2) is 4.98 Å². The van der Waals surface area contributed by atoms with Gasteiger partial charge in [0.2, 0.25) is 5.88 Å². The number of para-hydroxylation sites is 1. The van der Waals surface area contributed by atoms with E-state index in [4.69, 9.17) is 0 Å². The number of aromatic nitrogens is 3. The summed E-state index contributed by atoms with van der Waals surface area (Å²) in [5.41, 5.74) is 4.51. The highest BCUT2D eigenvalue weighted by molar-refractivity contribution is 7.17. The molecule has 6 aromatic rings. The molecule has 39 heavy (non-hydrogen) atoms. The van der Waals surface area contributed by atoms with Gasteiger partial charge in [-0.15, -0.1) is 21.6 Å². The third-order valence-electron chi connectivity index (χ3n) is 6.59. The van der Waals surface area contributed by atoms with Crippen molar-refractivity contribution < 1.29 is 9.90 Å². The molecule has 0 saturated carbocycles. The van der Waals surface area contributed by atoms with Crippen LogP contribution in [0.4, 0.5) is 5.69 Å². The van der Waals surface area contributed by atoms with E-state index in [0.29, 0.717) is 22.1 Å². The van der Waals surface area contributed by atoms with Crippen LogP contribution in [0.2, 0.25) is 0 Å². The van der Waals surface area contributed by atoms with Crippen molar-refractivity contribution in [3.8, 4) is 17.0 Å². The van der Waals surface area contributed by atoms with E-state index in [1.54, 1.807) is 4.57 Å². The minimum absolute atomic E-state index is 0.0839. The summed E-state index contributed by atoms with van der Waals surface area (Å²) in [5, 5.41) is 22.1. The third-order valence-corrected chi connectivity index (χ3v) is 7.48. The molecule has 8 nitrogen and oxygen atoms in total. The molecular formula is C30H23N5O3S. The van der Waals surface area contributed by atoms with Crippen LogP contribution < -0.4 is 5.56 Å². The van der Waals surface area contributed by atoms with Crippen LogP contribution in [-0.4, -0.2) is 25.1 Å². The highest BCUT2D eigenvalue weighted by Gasteiger charge is 2.18. The Morgan fingerprint density at radius 3 is 2.54 bits per heavy atom. The molecule has 9 heteroatoms. The van der Waals surface area contributed by atoms with Gasteiger partial charge in [0.25, 0.3) is 11.5 Å². The molecule has 0 saturated heterocycles. The zero-order valence-electron chi connectivity index (χ0n) is 21.0. The predicted molar refractivity (Wildman–Crippen MR) is 153 cm³/mol. The van der Waals surface area contributed by atoms with E-state index in [9.17, 15) is 14.7 Å². The first-order valence-corrected chi connectivity index (χ1v) is 13.2. The number of aryl methyl sites for hydroxylation is 1. The molecule has 3 heterocycles. The maximum Gasteiger partial charge on any atom is 0.284 e. The minimum atomic E-state index is -0.635. The number of carbonyl (C=O) groups is 1. The van der Waals surface area contributed by atoms with E-state index in [1.165, 1.54) is 22.2 Å². The maximum absolute atomic E-state index is 13.3. The number of fused-ring (bicyclic) bond motifs is 2. The number of rotatable bonds is 6. The highest BCUT2D eigenvalue weighted by Crippen LogP contribution is 2.39. The summed E-state index contributed by atoms with van der Waals surface area (Å²) in [6.07, 6.45) is 1.36. The van der Waals surface area contributed by atoms with Crippen molar-refractivity contribution in [3.05, 3.63) is 112 Å². The fourth-order valence-electron chi connectivity index (χ4n) is 4.60. The summed E-state index contributed by atoms with van der Waals surface area (Å²) < 4.78 is 2.98. The monoisotopic (exact) mass is 533 g/mol. The van der Waals surface area contributed by atoms with Gasteiger partial charge in [-0.2, -0.15) is 0 Å². The van der Waals surface area contributed by atoms with E-state index in [2.05, 4.69) is 15.2 Å². The number of azo groups is 1. The SMILES string of the molecule is Cc1ccc(Cn2c(O)c(N=NC(=O)Cn3cnc4scc(-c5ccccc5)c4c3=O)c3ccccc32)cc1. The molecule has 0 radical (unpaired) electrons. The van der Waals surface area contributed by atoms with Crippen molar-refractivity contribution in [2.75, 3.05) is 0 Å². The summed E-state index contributed by atoms with van der Waals surface area (Å²) in [6.45, 7) is 2.13. The second-order valence-electron chi connectivity index (χ2n) is 9.23. The standard InChI is InChI=1S/C30H23N5O3S/c1-19-11-13-20(14-12-19)15-35-24-10-6-5-9-22(24)27(30(35)38)33-32-25(36)16-34-18-31-28-26(29(34)37)23(17-39-28)21-7-3-2-4-8-21/h2-14,17-18,38H,15-16H2,1H3. The normalized spacial score (nSPS) is 11.6. The Bertz CT molecular complexity index is 1920. The smallest absolute Gasteiger partial charge is 0.284 e. The van der Waals surface area contributed by atoms with E-state index in [-0.39, 0.29) is 23.7 Å². The van der Waals surface area contributed by atoms with Gasteiger partial charge in [-0.3, -0.25) is 14.2 Å². The van der Waals surface area contributed by atoms with Gasteiger partial charge < -0.3 is 9.67 Å². The average molecular weight is 534 g/mol. The van der Waals surface area contributed by atoms with Crippen LogP contribution in [0.15, 0.2) is 106 Å². The van der Waals surface area contributed by atoms with Crippen LogP contribution in [-0.2, 0) is 17.9 Å². The van der Waals surface area contributed by atoms with Crippen LogP contribution in [0.5, 0.6) is 5.88 Å². The first kappa shape index (κ1) is 24.4. The summed E-state index contributed by atoms with van der Waals surface area (Å²) in [5.74, 6) is -0.719. The molecule has 3 aromatic carbocycles. The summed E-state index contributed by atoms with van der Waals surface area (Å²) in [4.78, 5) is 31.1. The lowest BCUT2D eigenvalue weighted by Crippen LogP contribution is -2.23. The second kappa shape index (κ2) is 10.1. The number of hydrogen-bond donors (Lipinski definition) is 1. The third kappa shape index (κ3) is 4.64. The van der Waals surface area contributed by atoms with Crippen LogP contribution in [0.1, 0.15) is 11.1 Å². The van der Waals surface area contributed by atoms with Crippen molar-refractivity contribution in [2.45, 2.75) is 20.0 Å². The molecule has 6 rings (SSSR count). The van der Waals surface area contributed by atoms with E-state index < -0.39 is 5.91 Å². The van der Waals surface area contributed by atoms with Crippen LogP contribution >= 0.6 is 11.3 Å². The van der Waals surface area contributed by atoms with Crippen molar-refractivity contribution in [2.24, 2.45) is 10.2 Å². The quantitative estimate of drug-likeness (QED) is 0.249. The van der Waals surface area contributed by atoms with Gasteiger partial charge in [0, 0.05) is 16.3 Å². The summed E-state index contributed by atoms with van der Waals surface area (Å²) in [7, 11) is 0. The van der Waals surface area contributed by atoms with Gasteiger partial charge in [-0.1, -0.05) is 78.4 Å². The molecule has 0 fully saturated rings. The first-order valence-electron chi connectivity index (χ1n) is 12.3. The number of amides is 1. The predicted octanol–water partition coefficient (Wildman–Crippen LogP) is 6.45. The molecule has 0 aliphatic carbocycles. The van der Waals surface area contributed by atoms with E-state index in [1.807, 2.05) is 91.2 Å². The molecule has 192 valence electrons. The Labute approximate surface area is 227 Å². The maximum atomic E-state index is 13.3. The van der Waals surface area contributed by atoms with Crippen LogP contribution in [0, 0.1) is 6.92 Å². The average Bonchev–Trinajstić information content (AvgIpc) is 3.50. The van der Waals surface area contributed by atoms with Gasteiger partial charge in [0.1, 0.15) is 11.4 Å². The Morgan fingerprint density at radius 1 is 1.00 bits per heavy atom. The lowest BCUT2D eigenvalue weighted by molar-refractivity contribution is -0.118. The van der Waals surface area contributed by atoms with Gasteiger partial charge in [0.15, 0.2) is 5.69 Å². The van der Waals surface area contributed by atoms with Crippen LogP contribution in [0.3, 0.4) is 0 Å². The molecule has 0 atom stereocenters. The van der Waals surface area contributed by atoms with Crippen molar-refractivity contribution in [3.63, 3.8) is 0 Å². The van der Waals surface area contributed by atoms with Gasteiger partial charge in [-0.05, 0) is 24.1 Å². The van der Waals surface area contributed by atoms with Gasteiger partial charge >= 0.3 is 0 Å². The van der Waals surface area contributed by atoms with Gasteiger partial charge in [0.05, 0.1) is 23.8 Å². The number of benzene rings is 3. The Kier molecular flexibility index (Phi) is 6.34. The molecule has 0 bridgehead atoms. The van der Waals surface area contributed by atoms with E-state index in [0.717, 1.165) is 27.8 Å². The lowest BCUT2D eigenvalue weighted by atomic mass is 10.1. The minimum Gasteiger partial charge on any atom is -0.493 e. The number of thiophene rings is 1. The number of carbonyl (C=O) groups excluding carboxylic acids is 1. The molecule has 3 aromatic heterocycles. The summed E-state index contributed by atoms with van der Waals surface area (Å²) in [6, 6.07) is 25.1. The molecular weight excluding hydrogens is 510 g/mol. The Hall–Kier alpha value is -4.89. The molecule has 0 aliphatic rings. The molecule has 0 spiro atoms. The Balaban J connectivity index is 1.30. The topological polar surface area (TPSA) is 102 Å². The molecule has 1 N–H and O–H groups in total. The molecule has 0 unspecified atom stereocenters.